The summed E-state index contributed by atoms with van der Waals surface area (Å²) in [6, 6.07) is 10.7. The molecule has 0 N–H and O–H groups in total. The Kier molecular flexibility index (Phi) is 6.02. The average molecular weight is 293 g/mol. The van der Waals surface area contributed by atoms with E-state index in [9.17, 15) is 0 Å². The van der Waals surface area contributed by atoms with Crippen molar-refractivity contribution in [1.82, 2.24) is 0 Å². The normalized spacial score (nSPS) is 15.9. The molecule has 1 rings (SSSR count). The van der Waals surface area contributed by atoms with Crippen molar-refractivity contribution in [2.24, 2.45) is 5.92 Å². The van der Waals surface area contributed by atoms with Crippen molar-refractivity contribution in [1.29, 1.82) is 0 Å². The molecule has 0 aliphatic carbocycles. The van der Waals surface area contributed by atoms with Crippen molar-refractivity contribution in [3.63, 3.8) is 0 Å². The van der Waals surface area contributed by atoms with Crippen molar-refractivity contribution < 1.29 is 4.43 Å². The minimum atomic E-state index is -1.73. The molecule has 1 nitrogen and oxygen atoms in total. The van der Waals surface area contributed by atoms with Crippen LogP contribution < -0.4 is 0 Å². The van der Waals surface area contributed by atoms with Gasteiger partial charge >= 0.3 is 0 Å². The third-order valence-electron chi connectivity index (χ3n) is 4.73. The highest BCUT2D eigenvalue weighted by Gasteiger charge is 2.39. The van der Waals surface area contributed by atoms with E-state index < -0.39 is 8.32 Å². The van der Waals surface area contributed by atoms with Gasteiger partial charge in [-0.3, -0.25) is 0 Å². The van der Waals surface area contributed by atoms with E-state index in [-0.39, 0.29) is 11.1 Å². The molecule has 0 radical (unpaired) electrons. The van der Waals surface area contributed by atoms with Crippen LogP contribution in [-0.2, 0) is 4.43 Å². The Morgan fingerprint density at radius 2 is 1.65 bits per heavy atom. The first kappa shape index (κ1) is 17.4. The zero-order valence-corrected chi connectivity index (χ0v) is 15.4. The number of rotatable bonds is 6. The lowest BCUT2D eigenvalue weighted by Gasteiger charge is -2.40. The van der Waals surface area contributed by atoms with E-state index >= 15 is 0 Å². The molecule has 0 aromatic heterocycles. The van der Waals surface area contributed by atoms with Gasteiger partial charge in [0.25, 0.3) is 0 Å². The minimum Gasteiger partial charge on any atom is -0.410 e. The molecule has 0 fully saturated rings. The Morgan fingerprint density at radius 1 is 1.10 bits per heavy atom. The van der Waals surface area contributed by atoms with Crippen LogP contribution in [0.1, 0.15) is 59.1 Å². The van der Waals surface area contributed by atoms with Crippen LogP contribution in [0.25, 0.3) is 0 Å². The topological polar surface area (TPSA) is 9.23 Å². The maximum atomic E-state index is 6.70. The van der Waals surface area contributed by atoms with Gasteiger partial charge in [0, 0.05) is 0 Å². The van der Waals surface area contributed by atoms with Crippen molar-refractivity contribution in [2.45, 2.75) is 71.7 Å². The van der Waals surface area contributed by atoms with E-state index in [2.05, 4.69) is 78.0 Å². The number of hydrogen-bond acceptors (Lipinski definition) is 1. The van der Waals surface area contributed by atoms with Gasteiger partial charge in [0.1, 0.15) is 0 Å². The monoisotopic (exact) mass is 292 g/mol. The summed E-state index contributed by atoms with van der Waals surface area (Å²) in [4.78, 5) is 0. The van der Waals surface area contributed by atoms with Crippen molar-refractivity contribution >= 4 is 8.32 Å². The van der Waals surface area contributed by atoms with Crippen LogP contribution in [0.2, 0.25) is 18.1 Å². The lowest BCUT2D eigenvalue weighted by atomic mass is 9.96. The van der Waals surface area contributed by atoms with Crippen molar-refractivity contribution in [2.75, 3.05) is 0 Å². The van der Waals surface area contributed by atoms with Crippen molar-refractivity contribution in [3.8, 4) is 0 Å². The maximum Gasteiger partial charge on any atom is 0.192 e. The molecule has 0 heterocycles. The van der Waals surface area contributed by atoms with Gasteiger partial charge in [-0.25, -0.2) is 0 Å². The number of hydrogen-bond donors (Lipinski definition) is 0. The van der Waals surface area contributed by atoms with Gasteiger partial charge in [0.15, 0.2) is 8.32 Å². The first-order valence-corrected chi connectivity index (χ1v) is 10.8. The first-order valence-electron chi connectivity index (χ1n) is 7.90. The number of benzene rings is 1. The van der Waals surface area contributed by atoms with Gasteiger partial charge in [0.2, 0.25) is 0 Å². The summed E-state index contributed by atoms with van der Waals surface area (Å²) in [6.07, 6.45) is 2.57. The largest absolute Gasteiger partial charge is 0.410 e. The van der Waals surface area contributed by atoms with Gasteiger partial charge in [-0.15, -0.1) is 0 Å². The minimum absolute atomic E-state index is 0.243. The Morgan fingerprint density at radius 3 is 2.10 bits per heavy atom. The summed E-state index contributed by atoms with van der Waals surface area (Å²) < 4.78 is 6.70. The Hall–Kier alpha value is -0.603. The molecule has 0 saturated carbocycles. The molecule has 0 aliphatic heterocycles. The zero-order valence-electron chi connectivity index (χ0n) is 14.4. The van der Waals surface area contributed by atoms with Crippen LogP contribution in [0.3, 0.4) is 0 Å². The van der Waals surface area contributed by atoms with Gasteiger partial charge in [-0.05, 0) is 36.0 Å². The molecule has 0 spiro atoms. The molecule has 0 bridgehead atoms. The quantitative estimate of drug-likeness (QED) is 0.568. The SMILES string of the molecule is CCC(C)CC(O[Si](C)(C)C(C)(C)C)c1ccccc1. The molecule has 20 heavy (non-hydrogen) atoms. The van der Waals surface area contributed by atoms with Gasteiger partial charge in [0.05, 0.1) is 6.10 Å². The molecule has 2 heteroatoms. The molecule has 114 valence electrons. The van der Waals surface area contributed by atoms with E-state index in [0.29, 0.717) is 5.92 Å². The van der Waals surface area contributed by atoms with Crippen LogP contribution >= 0.6 is 0 Å². The van der Waals surface area contributed by atoms with E-state index in [0.717, 1.165) is 6.42 Å². The van der Waals surface area contributed by atoms with Crippen LogP contribution in [0.15, 0.2) is 30.3 Å². The lowest BCUT2D eigenvalue weighted by Crippen LogP contribution is -2.42. The second-order valence-electron chi connectivity index (χ2n) is 7.53. The van der Waals surface area contributed by atoms with Crippen LogP contribution in [0.5, 0.6) is 0 Å². The van der Waals surface area contributed by atoms with E-state index in [1.54, 1.807) is 0 Å². The maximum absolute atomic E-state index is 6.70. The Labute approximate surface area is 126 Å². The van der Waals surface area contributed by atoms with Crippen LogP contribution in [-0.4, -0.2) is 8.32 Å². The second kappa shape index (κ2) is 6.90. The highest BCUT2D eigenvalue weighted by Crippen LogP contribution is 2.41. The third kappa shape index (κ3) is 4.74. The van der Waals surface area contributed by atoms with Gasteiger partial charge < -0.3 is 4.43 Å². The molecule has 2 atom stereocenters. The summed E-state index contributed by atoms with van der Waals surface area (Å²) >= 11 is 0. The highest BCUT2D eigenvalue weighted by molar-refractivity contribution is 6.74. The second-order valence-corrected chi connectivity index (χ2v) is 12.3. The summed E-state index contributed by atoms with van der Waals surface area (Å²) in [6.45, 7) is 16.2. The fraction of sp³-hybridized carbons (Fsp3) is 0.667. The van der Waals surface area contributed by atoms with Crippen molar-refractivity contribution in [3.05, 3.63) is 35.9 Å². The molecule has 0 amide bonds. The van der Waals surface area contributed by atoms with Crippen LogP contribution in [0.4, 0.5) is 0 Å². The standard InChI is InChI=1S/C18H32OSi/c1-8-15(2)14-17(16-12-10-9-11-13-16)19-20(6,7)18(3,4)5/h9-13,15,17H,8,14H2,1-7H3. The van der Waals surface area contributed by atoms with Gasteiger partial charge in [-0.1, -0.05) is 71.4 Å². The fourth-order valence-corrected chi connectivity index (χ4v) is 3.28. The van der Waals surface area contributed by atoms with Crippen LogP contribution in [0, 0.1) is 5.92 Å². The predicted molar refractivity (Wildman–Crippen MR) is 91.5 cm³/mol. The fourth-order valence-electron chi connectivity index (χ4n) is 1.98. The van der Waals surface area contributed by atoms with E-state index in [1.807, 2.05) is 0 Å². The molecule has 1 aromatic rings. The summed E-state index contributed by atoms with van der Waals surface area (Å²) in [7, 11) is -1.73. The molecular formula is C18H32OSi. The van der Waals surface area contributed by atoms with E-state index in [4.69, 9.17) is 4.43 Å². The lowest BCUT2D eigenvalue weighted by molar-refractivity contribution is 0.153. The van der Waals surface area contributed by atoms with E-state index in [1.165, 1.54) is 12.0 Å². The smallest absolute Gasteiger partial charge is 0.192 e. The zero-order chi connectivity index (χ0) is 15.4. The third-order valence-corrected chi connectivity index (χ3v) is 9.21. The summed E-state index contributed by atoms with van der Waals surface area (Å²) in [5, 5.41) is 0.259. The van der Waals surface area contributed by atoms with Gasteiger partial charge in [-0.2, -0.15) is 0 Å². The molecular weight excluding hydrogens is 260 g/mol. The Bertz CT molecular complexity index is 392. The highest BCUT2D eigenvalue weighted by atomic mass is 28.4. The Balaban J connectivity index is 2.95. The molecule has 2 unspecified atom stereocenters. The first-order chi connectivity index (χ1) is 9.17. The molecule has 0 saturated heterocycles. The summed E-state index contributed by atoms with van der Waals surface area (Å²) in [5.74, 6) is 0.699. The predicted octanol–water partition coefficient (Wildman–Crippen LogP) is 6.19. The average Bonchev–Trinajstić information content (AvgIpc) is 2.37. The molecule has 1 aromatic carbocycles. The summed E-state index contributed by atoms with van der Waals surface area (Å²) in [5.41, 5.74) is 1.33. The molecule has 0 aliphatic rings.